The predicted molar refractivity (Wildman–Crippen MR) is 169 cm³/mol. The van der Waals surface area contributed by atoms with Gasteiger partial charge in [0.2, 0.25) is 0 Å². The van der Waals surface area contributed by atoms with Crippen LogP contribution in [0.3, 0.4) is 0 Å². The number of nitrogens with one attached hydrogen (secondary N) is 1. The number of benzene rings is 6. The Morgan fingerprint density at radius 1 is 0.538 bits per heavy atom. The highest BCUT2D eigenvalue weighted by Crippen LogP contribution is 2.42. The molecule has 7 rings (SSSR count). The monoisotopic (exact) mass is 498 g/mol. The van der Waals surface area contributed by atoms with E-state index in [1.807, 2.05) is 0 Å². The fourth-order valence-electron chi connectivity index (χ4n) is 5.59. The summed E-state index contributed by atoms with van der Waals surface area (Å²) in [7, 11) is 0. The molecule has 0 spiro atoms. The molecule has 1 heterocycles. The molecule has 6 aromatic carbocycles. The molecular formula is C36H27BN2. The Bertz CT molecular complexity index is 1720. The van der Waals surface area contributed by atoms with Crippen molar-refractivity contribution in [2.75, 3.05) is 10.1 Å². The first-order chi connectivity index (χ1) is 19.3. The van der Waals surface area contributed by atoms with Crippen LogP contribution in [0.4, 0.5) is 22.7 Å². The molecule has 0 radical (unpaired) electrons. The van der Waals surface area contributed by atoms with Gasteiger partial charge in [0.1, 0.15) is 0 Å². The number of hydrogen-bond acceptors (Lipinski definition) is 2. The topological polar surface area (TPSA) is 15.3 Å². The van der Waals surface area contributed by atoms with Crippen LogP contribution in [-0.2, 0) is 0 Å². The molecule has 0 aromatic heterocycles. The van der Waals surface area contributed by atoms with E-state index in [0.29, 0.717) is 0 Å². The van der Waals surface area contributed by atoms with Gasteiger partial charge in [-0.05, 0) is 64.4 Å². The van der Waals surface area contributed by atoms with Gasteiger partial charge >= 0.3 is 6.85 Å². The van der Waals surface area contributed by atoms with E-state index in [9.17, 15) is 0 Å². The van der Waals surface area contributed by atoms with Crippen molar-refractivity contribution in [2.45, 2.75) is 0 Å². The lowest BCUT2D eigenvalue weighted by molar-refractivity contribution is 1.28. The molecule has 1 aliphatic heterocycles. The van der Waals surface area contributed by atoms with Crippen molar-refractivity contribution in [3.05, 3.63) is 157 Å². The first-order valence-corrected chi connectivity index (χ1v) is 13.4. The van der Waals surface area contributed by atoms with Gasteiger partial charge in [-0.25, -0.2) is 0 Å². The highest BCUT2D eigenvalue weighted by atomic mass is 15.1. The fourth-order valence-corrected chi connectivity index (χ4v) is 5.59. The van der Waals surface area contributed by atoms with Crippen LogP contribution in [-0.4, -0.2) is 6.85 Å². The molecule has 3 heteroatoms. The quantitative estimate of drug-likeness (QED) is 0.239. The van der Waals surface area contributed by atoms with Gasteiger partial charge < -0.3 is 10.1 Å². The van der Waals surface area contributed by atoms with Crippen molar-refractivity contribution in [1.29, 1.82) is 0 Å². The Morgan fingerprint density at radius 2 is 1.10 bits per heavy atom. The Morgan fingerprint density at radius 3 is 1.77 bits per heavy atom. The van der Waals surface area contributed by atoms with E-state index in [1.165, 1.54) is 38.6 Å². The maximum Gasteiger partial charge on any atom is 0.313 e. The van der Waals surface area contributed by atoms with Crippen molar-refractivity contribution >= 4 is 51.9 Å². The minimum absolute atomic E-state index is 0.129. The van der Waals surface area contributed by atoms with Gasteiger partial charge in [-0.15, -0.1) is 0 Å². The SMILES string of the molecule is C1=Cc2cc3ccccc3c(-c3ccc(N(c4ccccc4)c4ccccc4)cc3)c2NB1c1ccccc1. The Labute approximate surface area is 230 Å². The van der Waals surface area contributed by atoms with Gasteiger partial charge in [-0.3, -0.25) is 0 Å². The minimum Gasteiger partial charge on any atom is -0.420 e. The highest BCUT2D eigenvalue weighted by Gasteiger charge is 2.23. The van der Waals surface area contributed by atoms with Crippen LogP contribution in [0.1, 0.15) is 5.56 Å². The van der Waals surface area contributed by atoms with Crippen LogP contribution in [0, 0.1) is 0 Å². The Kier molecular flexibility index (Phi) is 5.95. The molecule has 2 nitrogen and oxygen atoms in total. The maximum absolute atomic E-state index is 3.86. The van der Waals surface area contributed by atoms with Gasteiger partial charge in [-0.1, -0.05) is 121 Å². The first-order valence-electron chi connectivity index (χ1n) is 13.4. The number of rotatable bonds is 5. The lowest BCUT2D eigenvalue weighted by Gasteiger charge is -2.27. The summed E-state index contributed by atoms with van der Waals surface area (Å²) in [6.07, 6.45) is 2.26. The van der Waals surface area contributed by atoms with Crippen LogP contribution in [0.15, 0.2) is 152 Å². The fraction of sp³-hybridized carbons (Fsp3) is 0. The molecule has 1 N–H and O–H groups in total. The third-order valence-corrected chi connectivity index (χ3v) is 7.45. The molecule has 0 saturated heterocycles. The molecule has 184 valence electrons. The summed E-state index contributed by atoms with van der Waals surface area (Å²) in [6.45, 7) is 0.129. The summed E-state index contributed by atoms with van der Waals surface area (Å²) in [5.74, 6) is 2.26. The van der Waals surface area contributed by atoms with Crippen LogP contribution >= 0.6 is 0 Å². The molecule has 6 aromatic rings. The third-order valence-electron chi connectivity index (χ3n) is 7.45. The van der Waals surface area contributed by atoms with E-state index < -0.39 is 0 Å². The average molecular weight is 498 g/mol. The normalized spacial score (nSPS) is 12.2. The van der Waals surface area contributed by atoms with E-state index in [2.05, 4.69) is 168 Å². The largest absolute Gasteiger partial charge is 0.420 e. The standard InChI is InChI=1S/C36H27BN2/c1-4-13-30(14-5-1)37-25-24-29-26-28-12-10-11-19-34(28)35(36(29)38-37)27-20-22-33(23-21-27)39(31-15-6-2-7-16-31)32-17-8-3-9-18-32/h1-26,38H. The summed E-state index contributed by atoms with van der Waals surface area (Å²) >= 11 is 0. The van der Waals surface area contributed by atoms with Crippen molar-refractivity contribution in [3.8, 4) is 11.1 Å². The smallest absolute Gasteiger partial charge is 0.313 e. The molecule has 0 amide bonds. The lowest BCUT2D eigenvalue weighted by atomic mass is 9.54. The molecule has 0 saturated carbocycles. The second kappa shape index (κ2) is 10.0. The van der Waals surface area contributed by atoms with Gasteiger partial charge in [0.05, 0.1) is 0 Å². The summed E-state index contributed by atoms with van der Waals surface area (Å²) in [6, 6.07) is 51.7. The molecule has 0 atom stereocenters. The summed E-state index contributed by atoms with van der Waals surface area (Å²) in [4.78, 5) is 2.30. The number of anilines is 4. The average Bonchev–Trinajstić information content (AvgIpc) is 3.02. The maximum atomic E-state index is 3.86. The molecule has 0 bridgehead atoms. The van der Waals surface area contributed by atoms with Crippen LogP contribution in [0.2, 0.25) is 0 Å². The molecule has 0 aliphatic carbocycles. The first kappa shape index (κ1) is 23.1. The molecule has 39 heavy (non-hydrogen) atoms. The van der Waals surface area contributed by atoms with Crippen molar-refractivity contribution in [1.82, 2.24) is 0 Å². The van der Waals surface area contributed by atoms with Crippen LogP contribution in [0.5, 0.6) is 0 Å². The second-order valence-electron chi connectivity index (χ2n) is 9.88. The number of fused-ring (bicyclic) bond motifs is 2. The third kappa shape index (κ3) is 4.38. The van der Waals surface area contributed by atoms with Crippen molar-refractivity contribution in [2.24, 2.45) is 0 Å². The van der Waals surface area contributed by atoms with Crippen LogP contribution in [0.25, 0.3) is 28.0 Å². The van der Waals surface area contributed by atoms with E-state index in [1.54, 1.807) is 0 Å². The summed E-state index contributed by atoms with van der Waals surface area (Å²) in [5.41, 5.74) is 9.49. The van der Waals surface area contributed by atoms with Crippen molar-refractivity contribution in [3.63, 3.8) is 0 Å². The second-order valence-corrected chi connectivity index (χ2v) is 9.88. The zero-order chi connectivity index (χ0) is 26.0. The molecule has 1 aliphatic rings. The number of para-hydroxylation sites is 2. The van der Waals surface area contributed by atoms with Gasteiger partial charge in [0.25, 0.3) is 0 Å². The van der Waals surface area contributed by atoms with E-state index >= 15 is 0 Å². The zero-order valence-corrected chi connectivity index (χ0v) is 21.5. The van der Waals surface area contributed by atoms with E-state index in [-0.39, 0.29) is 6.85 Å². The Balaban J connectivity index is 1.35. The van der Waals surface area contributed by atoms with E-state index in [0.717, 1.165) is 17.1 Å². The highest BCUT2D eigenvalue weighted by molar-refractivity contribution is 6.81. The van der Waals surface area contributed by atoms with Gasteiger partial charge in [0, 0.05) is 28.3 Å². The van der Waals surface area contributed by atoms with Gasteiger partial charge in [-0.2, -0.15) is 0 Å². The predicted octanol–water partition coefficient (Wildman–Crippen LogP) is 8.85. The molecular weight excluding hydrogens is 471 g/mol. The Hall–Kier alpha value is -5.02. The minimum atomic E-state index is 0.129. The molecule has 0 fully saturated rings. The summed E-state index contributed by atoms with van der Waals surface area (Å²) in [5, 5.41) is 6.36. The number of nitrogens with zero attached hydrogens (tertiary/aromatic N) is 1. The lowest BCUT2D eigenvalue weighted by Crippen LogP contribution is -2.38. The van der Waals surface area contributed by atoms with E-state index in [4.69, 9.17) is 0 Å². The van der Waals surface area contributed by atoms with Crippen molar-refractivity contribution < 1.29 is 0 Å². The van der Waals surface area contributed by atoms with Gasteiger partial charge in [0.15, 0.2) is 0 Å². The summed E-state index contributed by atoms with van der Waals surface area (Å²) < 4.78 is 0. The zero-order valence-electron chi connectivity index (χ0n) is 21.5. The van der Waals surface area contributed by atoms with Crippen LogP contribution < -0.4 is 15.6 Å². The number of hydrogen-bond donors (Lipinski definition) is 1. The molecule has 0 unspecified atom stereocenters.